The van der Waals surface area contributed by atoms with E-state index in [1.807, 2.05) is 62.4 Å². The highest BCUT2D eigenvalue weighted by Crippen LogP contribution is 2.29. The number of esters is 6. The van der Waals surface area contributed by atoms with Gasteiger partial charge in [-0.25, -0.2) is 0 Å². The lowest BCUT2D eigenvalue weighted by atomic mass is 9.87. The van der Waals surface area contributed by atoms with Gasteiger partial charge in [0.15, 0.2) is 12.2 Å². The van der Waals surface area contributed by atoms with Crippen LogP contribution in [-0.4, -0.2) is 94.6 Å². The zero-order chi connectivity index (χ0) is 48.8. The number of rotatable bonds is 38. The SMILES string of the molecule is CCCCCC(C)(C)C(=O)OCC(COC(=O)C(C)(C)CCCCC)OC(=O)CCC[NH+](C)CCCC(=O)OC(COC(=O)C(C)(C)CCCCC)COC(=O)C(C)(C)CCCCC. The van der Waals surface area contributed by atoms with E-state index in [-0.39, 0.29) is 63.1 Å². The van der Waals surface area contributed by atoms with E-state index < -0.39 is 45.8 Å². The summed E-state index contributed by atoms with van der Waals surface area (Å²) in [5.41, 5.74) is -2.81. The minimum absolute atomic E-state index is 0.104. The van der Waals surface area contributed by atoms with Gasteiger partial charge in [-0.3, -0.25) is 28.8 Å². The Kier molecular flexibility index (Phi) is 30.8. The van der Waals surface area contributed by atoms with Crippen molar-refractivity contribution in [3.63, 3.8) is 0 Å². The minimum atomic E-state index is -0.945. The van der Waals surface area contributed by atoms with Crippen LogP contribution in [0.1, 0.15) is 212 Å². The number of carbonyl (C=O) groups is 6. The summed E-state index contributed by atoms with van der Waals surface area (Å²) >= 11 is 0. The molecule has 0 fully saturated rings. The van der Waals surface area contributed by atoms with Crippen molar-refractivity contribution in [2.45, 2.75) is 224 Å². The number of nitrogens with one attached hydrogen (secondary N) is 1. The molecule has 64 heavy (non-hydrogen) atoms. The van der Waals surface area contributed by atoms with Crippen LogP contribution in [0, 0.1) is 21.7 Å². The highest BCUT2D eigenvalue weighted by molar-refractivity contribution is 5.77. The Balaban J connectivity index is 5.33. The first-order chi connectivity index (χ1) is 30.0. The fourth-order valence-corrected chi connectivity index (χ4v) is 7.05. The zero-order valence-electron chi connectivity index (χ0n) is 42.9. The van der Waals surface area contributed by atoms with Crippen molar-refractivity contribution in [3.05, 3.63) is 0 Å². The van der Waals surface area contributed by atoms with Crippen LogP contribution in [0.15, 0.2) is 0 Å². The number of ether oxygens (including phenoxy) is 6. The minimum Gasteiger partial charge on any atom is -0.461 e. The molecule has 0 amide bonds. The third kappa shape index (κ3) is 27.3. The molecular formula is C51H94NO12+. The van der Waals surface area contributed by atoms with Gasteiger partial charge in [-0.15, -0.1) is 0 Å². The molecule has 1 N–H and O–H groups in total. The number of unbranched alkanes of at least 4 members (excludes halogenated alkanes) is 8. The molecule has 0 saturated carbocycles. The van der Waals surface area contributed by atoms with E-state index in [2.05, 4.69) is 27.7 Å². The van der Waals surface area contributed by atoms with Crippen LogP contribution in [0.4, 0.5) is 0 Å². The average Bonchev–Trinajstić information content (AvgIpc) is 3.22. The molecule has 0 aliphatic rings. The van der Waals surface area contributed by atoms with Crippen molar-refractivity contribution in [2.24, 2.45) is 21.7 Å². The monoisotopic (exact) mass is 913 g/mol. The maximum Gasteiger partial charge on any atom is 0.311 e. The van der Waals surface area contributed by atoms with Crippen molar-refractivity contribution in [1.82, 2.24) is 0 Å². The first-order valence-corrected chi connectivity index (χ1v) is 24.9. The van der Waals surface area contributed by atoms with Gasteiger partial charge in [-0.2, -0.15) is 0 Å². The predicted octanol–water partition coefficient (Wildman–Crippen LogP) is 9.48. The molecule has 0 rings (SSSR count). The van der Waals surface area contributed by atoms with Crippen LogP contribution >= 0.6 is 0 Å². The predicted molar refractivity (Wildman–Crippen MR) is 250 cm³/mol. The molecule has 0 aliphatic heterocycles. The van der Waals surface area contributed by atoms with Crippen molar-refractivity contribution in [2.75, 3.05) is 46.6 Å². The Morgan fingerprint density at radius 3 is 0.844 bits per heavy atom. The molecule has 0 bridgehead atoms. The Morgan fingerprint density at radius 1 is 0.391 bits per heavy atom. The Labute approximate surface area is 388 Å². The molecule has 0 radical (unpaired) electrons. The Morgan fingerprint density at radius 2 is 0.625 bits per heavy atom. The van der Waals surface area contributed by atoms with Crippen LogP contribution in [-0.2, 0) is 57.2 Å². The molecule has 0 unspecified atom stereocenters. The van der Waals surface area contributed by atoms with Gasteiger partial charge < -0.3 is 33.3 Å². The van der Waals surface area contributed by atoms with E-state index >= 15 is 0 Å². The Bertz CT molecular complexity index is 1180. The van der Waals surface area contributed by atoms with E-state index in [9.17, 15) is 28.8 Å². The molecule has 0 aromatic heterocycles. The molecular weight excluding hydrogens is 819 g/mol. The van der Waals surface area contributed by atoms with E-state index in [1.54, 1.807) is 0 Å². The molecule has 0 heterocycles. The van der Waals surface area contributed by atoms with E-state index in [4.69, 9.17) is 28.4 Å². The quantitative estimate of drug-likeness (QED) is 0.0355. The molecule has 13 heteroatoms. The maximum absolute atomic E-state index is 13.1. The van der Waals surface area contributed by atoms with Crippen molar-refractivity contribution >= 4 is 35.8 Å². The van der Waals surface area contributed by atoms with Crippen LogP contribution in [0.2, 0.25) is 0 Å². The summed E-state index contributed by atoms with van der Waals surface area (Å²) in [7, 11) is 1.97. The second-order valence-corrected chi connectivity index (χ2v) is 20.6. The number of hydrogen-bond donors (Lipinski definition) is 1. The number of hydrogen-bond acceptors (Lipinski definition) is 12. The van der Waals surface area contributed by atoms with Gasteiger partial charge in [0, 0.05) is 12.8 Å². The Hall–Kier alpha value is -3.22. The summed E-state index contributed by atoms with van der Waals surface area (Å²) in [6, 6.07) is 0. The molecule has 0 aromatic carbocycles. The summed E-state index contributed by atoms with van der Waals surface area (Å²) < 4.78 is 34.0. The highest BCUT2D eigenvalue weighted by Gasteiger charge is 2.34. The van der Waals surface area contributed by atoms with Crippen LogP contribution in [0.25, 0.3) is 0 Å². The van der Waals surface area contributed by atoms with Crippen molar-refractivity contribution in [1.29, 1.82) is 0 Å². The number of carbonyl (C=O) groups excluding carboxylic acids is 6. The summed E-state index contributed by atoms with van der Waals surface area (Å²) in [5.74, 6) is -2.52. The van der Waals surface area contributed by atoms with E-state index in [1.165, 1.54) is 0 Å². The van der Waals surface area contributed by atoms with Gasteiger partial charge in [0.25, 0.3) is 0 Å². The fourth-order valence-electron chi connectivity index (χ4n) is 7.05. The summed E-state index contributed by atoms with van der Waals surface area (Å²) in [6.45, 7) is 23.5. The summed E-state index contributed by atoms with van der Waals surface area (Å²) in [6.07, 6.45) is 13.8. The van der Waals surface area contributed by atoms with Crippen LogP contribution < -0.4 is 4.90 Å². The summed E-state index contributed by atoms with van der Waals surface area (Å²) in [5, 5.41) is 0. The molecule has 0 spiro atoms. The smallest absolute Gasteiger partial charge is 0.311 e. The zero-order valence-corrected chi connectivity index (χ0v) is 42.9. The first kappa shape index (κ1) is 60.8. The van der Waals surface area contributed by atoms with Crippen LogP contribution in [0.5, 0.6) is 0 Å². The normalized spacial score (nSPS) is 12.4. The second kappa shape index (κ2) is 32.5. The van der Waals surface area contributed by atoms with Gasteiger partial charge in [0.05, 0.1) is 54.6 Å². The topological polar surface area (TPSA) is 162 Å². The third-order valence-electron chi connectivity index (χ3n) is 12.0. The average molecular weight is 913 g/mol. The van der Waals surface area contributed by atoms with Gasteiger partial charge in [-0.05, 0) is 81.1 Å². The van der Waals surface area contributed by atoms with Gasteiger partial charge in [0.2, 0.25) is 0 Å². The molecule has 13 nitrogen and oxygen atoms in total. The number of quaternary nitrogens is 1. The molecule has 0 aliphatic carbocycles. The van der Waals surface area contributed by atoms with Crippen molar-refractivity contribution < 1.29 is 62.1 Å². The molecule has 0 aromatic rings. The van der Waals surface area contributed by atoms with Gasteiger partial charge in [-0.1, -0.05) is 105 Å². The van der Waals surface area contributed by atoms with Gasteiger partial charge >= 0.3 is 35.8 Å². The fraction of sp³-hybridized carbons (Fsp3) is 0.882. The molecule has 0 atom stereocenters. The molecule has 0 saturated heterocycles. The van der Waals surface area contributed by atoms with Crippen molar-refractivity contribution in [3.8, 4) is 0 Å². The lowest BCUT2D eigenvalue weighted by Gasteiger charge is -2.26. The second-order valence-electron chi connectivity index (χ2n) is 20.6. The van der Waals surface area contributed by atoms with Crippen LogP contribution in [0.3, 0.4) is 0 Å². The lowest BCUT2D eigenvalue weighted by molar-refractivity contribution is -0.879. The molecule has 374 valence electrons. The highest BCUT2D eigenvalue weighted by atomic mass is 16.6. The standard InChI is InChI=1S/C51H93NO12/c1-14-18-22-30-48(5,6)44(55)59-36-40(37-60-45(56)49(7,8)31-23-19-15-2)63-42(53)28-26-34-52(13)35-27-29-43(54)64-41(38-61-46(57)50(9,10)32-24-20-16-3)39-62-47(58)51(11,12)33-25-21-17-4/h40-41H,14-39H2,1-13H3/p+1. The first-order valence-electron chi connectivity index (χ1n) is 24.9. The largest absolute Gasteiger partial charge is 0.461 e. The van der Waals surface area contributed by atoms with E-state index in [0.29, 0.717) is 51.6 Å². The lowest BCUT2D eigenvalue weighted by Crippen LogP contribution is -3.09. The maximum atomic E-state index is 13.1. The van der Waals surface area contributed by atoms with Gasteiger partial charge in [0.1, 0.15) is 26.4 Å². The summed E-state index contributed by atoms with van der Waals surface area (Å²) in [4.78, 5) is 79.3. The van der Waals surface area contributed by atoms with E-state index in [0.717, 1.165) is 81.9 Å². The third-order valence-corrected chi connectivity index (χ3v) is 12.0.